The van der Waals surface area contributed by atoms with Gasteiger partial charge in [0.15, 0.2) is 0 Å². The van der Waals surface area contributed by atoms with Crippen molar-refractivity contribution in [1.82, 2.24) is 5.32 Å². The van der Waals surface area contributed by atoms with E-state index in [4.69, 9.17) is 4.74 Å². The van der Waals surface area contributed by atoms with Gasteiger partial charge in [0.2, 0.25) is 0 Å². The summed E-state index contributed by atoms with van der Waals surface area (Å²) in [4.78, 5) is 0. The Morgan fingerprint density at radius 1 is 1.06 bits per heavy atom. The molecule has 1 N–H and O–H groups in total. The summed E-state index contributed by atoms with van der Waals surface area (Å²) in [5.74, 6) is 1.77. The van der Waals surface area contributed by atoms with Gasteiger partial charge in [-0.05, 0) is 44.4 Å². The Morgan fingerprint density at radius 3 is 2.53 bits per heavy atom. The van der Waals surface area contributed by atoms with Crippen LogP contribution in [0.25, 0.3) is 0 Å². The Balaban J connectivity index is 1.77. The minimum Gasteiger partial charge on any atom is -0.377 e. The first-order chi connectivity index (χ1) is 8.16. The second kappa shape index (κ2) is 6.19. The zero-order valence-corrected chi connectivity index (χ0v) is 11.7. The first kappa shape index (κ1) is 13.4. The molecule has 100 valence electrons. The van der Waals surface area contributed by atoms with E-state index in [1.54, 1.807) is 0 Å². The molecule has 1 aliphatic carbocycles. The van der Waals surface area contributed by atoms with Crippen molar-refractivity contribution in [3.8, 4) is 0 Å². The maximum absolute atomic E-state index is 5.77. The molecule has 4 unspecified atom stereocenters. The number of ether oxygens (including phenoxy) is 1. The molecule has 0 amide bonds. The quantitative estimate of drug-likeness (QED) is 0.812. The number of nitrogens with one attached hydrogen (secondary N) is 1. The number of hydrogen-bond acceptors (Lipinski definition) is 2. The van der Waals surface area contributed by atoms with Crippen molar-refractivity contribution in [2.45, 2.75) is 77.5 Å². The van der Waals surface area contributed by atoms with Gasteiger partial charge in [-0.25, -0.2) is 0 Å². The molecule has 1 saturated carbocycles. The molecule has 0 aromatic rings. The third kappa shape index (κ3) is 3.69. The third-order valence-electron chi connectivity index (χ3n) is 4.68. The summed E-state index contributed by atoms with van der Waals surface area (Å²) >= 11 is 0. The first-order valence-corrected chi connectivity index (χ1v) is 7.54. The zero-order chi connectivity index (χ0) is 12.3. The SMILES string of the molecule is CC(C)C1CCCC(NC(C)C2CCCO2)C1. The van der Waals surface area contributed by atoms with E-state index >= 15 is 0 Å². The largest absolute Gasteiger partial charge is 0.377 e. The predicted octanol–water partition coefficient (Wildman–Crippen LogP) is 3.36. The van der Waals surface area contributed by atoms with Gasteiger partial charge in [0, 0.05) is 18.7 Å². The smallest absolute Gasteiger partial charge is 0.0726 e. The fraction of sp³-hybridized carbons (Fsp3) is 1.00. The lowest BCUT2D eigenvalue weighted by molar-refractivity contribution is 0.0744. The van der Waals surface area contributed by atoms with Crippen LogP contribution in [0.2, 0.25) is 0 Å². The molecule has 0 aromatic carbocycles. The number of rotatable bonds is 4. The van der Waals surface area contributed by atoms with Crippen LogP contribution in [0.15, 0.2) is 0 Å². The van der Waals surface area contributed by atoms with Gasteiger partial charge < -0.3 is 10.1 Å². The van der Waals surface area contributed by atoms with Crippen LogP contribution in [0.5, 0.6) is 0 Å². The van der Waals surface area contributed by atoms with Crippen LogP contribution in [0.3, 0.4) is 0 Å². The van der Waals surface area contributed by atoms with Crippen molar-refractivity contribution in [3.05, 3.63) is 0 Å². The highest BCUT2D eigenvalue weighted by Crippen LogP contribution is 2.30. The topological polar surface area (TPSA) is 21.3 Å². The lowest BCUT2D eigenvalue weighted by atomic mass is 9.79. The predicted molar refractivity (Wildman–Crippen MR) is 72.2 cm³/mol. The minimum atomic E-state index is 0.467. The molecular weight excluding hydrogens is 210 g/mol. The van der Waals surface area contributed by atoms with Gasteiger partial charge in [-0.3, -0.25) is 0 Å². The van der Waals surface area contributed by atoms with Crippen LogP contribution in [0, 0.1) is 11.8 Å². The second-order valence-corrected chi connectivity index (χ2v) is 6.37. The fourth-order valence-electron chi connectivity index (χ4n) is 3.46. The van der Waals surface area contributed by atoms with Crippen LogP contribution < -0.4 is 5.32 Å². The van der Waals surface area contributed by atoms with Gasteiger partial charge in [0.05, 0.1) is 6.10 Å². The van der Waals surface area contributed by atoms with E-state index in [-0.39, 0.29) is 0 Å². The lowest BCUT2D eigenvalue weighted by Gasteiger charge is -2.35. The van der Waals surface area contributed by atoms with Gasteiger partial charge >= 0.3 is 0 Å². The molecule has 1 heterocycles. The zero-order valence-electron chi connectivity index (χ0n) is 11.7. The second-order valence-electron chi connectivity index (χ2n) is 6.37. The highest BCUT2D eigenvalue weighted by atomic mass is 16.5. The molecular formula is C15H29NO. The molecule has 17 heavy (non-hydrogen) atoms. The Labute approximate surface area is 107 Å². The van der Waals surface area contributed by atoms with Gasteiger partial charge in [-0.2, -0.15) is 0 Å². The summed E-state index contributed by atoms with van der Waals surface area (Å²) in [6, 6.07) is 1.27. The van der Waals surface area contributed by atoms with E-state index < -0.39 is 0 Å². The minimum absolute atomic E-state index is 0.467. The average molecular weight is 239 g/mol. The average Bonchev–Trinajstić information content (AvgIpc) is 2.82. The van der Waals surface area contributed by atoms with Gasteiger partial charge in [0.1, 0.15) is 0 Å². The van der Waals surface area contributed by atoms with E-state index in [0.717, 1.165) is 24.5 Å². The highest BCUT2D eigenvalue weighted by molar-refractivity contribution is 4.85. The summed E-state index contributed by atoms with van der Waals surface area (Å²) in [5.41, 5.74) is 0. The molecule has 2 fully saturated rings. The van der Waals surface area contributed by atoms with E-state index in [2.05, 4.69) is 26.1 Å². The van der Waals surface area contributed by atoms with Gasteiger partial charge in [0.25, 0.3) is 0 Å². The Kier molecular flexibility index (Phi) is 4.87. The standard InChI is InChI=1S/C15H29NO/c1-11(2)13-6-4-7-14(10-13)16-12(3)15-8-5-9-17-15/h11-16H,4-10H2,1-3H3. The van der Waals surface area contributed by atoms with Crippen LogP contribution in [-0.2, 0) is 4.74 Å². The molecule has 0 bridgehead atoms. The summed E-state index contributed by atoms with van der Waals surface area (Å²) in [6.45, 7) is 8.01. The van der Waals surface area contributed by atoms with Crippen LogP contribution in [-0.4, -0.2) is 24.8 Å². The van der Waals surface area contributed by atoms with Crippen molar-refractivity contribution >= 4 is 0 Å². The molecule has 2 aliphatic rings. The molecule has 2 heteroatoms. The normalized spacial score (nSPS) is 36.4. The summed E-state index contributed by atoms with van der Waals surface area (Å²) in [7, 11) is 0. The highest BCUT2D eigenvalue weighted by Gasteiger charge is 2.28. The summed E-state index contributed by atoms with van der Waals surface area (Å²) in [6.07, 6.45) is 8.52. The van der Waals surface area contributed by atoms with Gasteiger partial charge in [-0.15, -0.1) is 0 Å². The maximum atomic E-state index is 5.77. The fourth-order valence-corrected chi connectivity index (χ4v) is 3.46. The lowest BCUT2D eigenvalue weighted by Crippen LogP contribution is -2.45. The van der Waals surface area contributed by atoms with Crippen LogP contribution >= 0.6 is 0 Å². The Bertz CT molecular complexity index is 223. The molecule has 1 saturated heterocycles. The molecule has 4 atom stereocenters. The van der Waals surface area contributed by atoms with Crippen molar-refractivity contribution < 1.29 is 4.74 Å². The van der Waals surface area contributed by atoms with E-state index in [0.29, 0.717) is 12.1 Å². The van der Waals surface area contributed by atoms with Crippen molar-refractivity contribution in [2.75, 3.05) is 6.61 Å². The van der Waals surface area contributed by atoms with Crippen LogP contribution in [0.4, 0.5) is 0 Å². The maximum Gasteiger partial charge on any atom is 0.0726 e. The van der Waals surface area contributed by atoms with E-state index in [1.165, 1.54) is 38.5 Å². The van der Waals surface area contributed by atoms with Crippen LogP contribution in [0.1, 0.15) is 59.3 Å². The Morgan fingerprint density at radius 2 is 1.88 bits per heavy atom. The van der Waals surface area contributed by atoms with Crippen molar-refractivity contribution in [1.29, 1.82) is 0 Å². The van der Waals surface area contributed by atoms with E-state index in [1.807, 2.05) is 0 Å². The molecule has 2 rings (SSSR count). The summed E-state index contributed by atoms with van der Waals surface area (Å²) in [5, 5.41) is 3.82. The molecule has 0 spiro atoms. The molecule has 1 aliphatic heterocycles. The molecule has 0 radical (unpaired) electrons. The molecule has 2 nitrogen and oxygen atoms in total. The Hall–Kier alpha value is -0.0800. The monoisotopic (exact) mass is 239 g/mol. The van der Waals surface area contributed by atoms with Crippen molar-refractivity contribution in [3.63, 3.8) is 0 Å². The number of hydrogen-bond donors (Lipinski definition) is 1. The molecule has 0 aromatic heterocycles. The van der Waals surface area contributed by atoms with E-state index in [9.17, 15) is 0 Å². The third-order valence-corrected chi connectivity index (χ3v) is 4.68. The summed E-state index contributed by atoms with van der Waals surface area (Å²) < 4.78 is 5.77. The van der Waals surface area contributed by atoms with Gasteiger partial charge in [-0.1, -0.05) is 26.7 Å². The first-order valence-electron chi connectivity index (χ1n) is 7.54. The van der Waals surface area contributed by atoms with Crippen molar-refractivity contribution in [2.24, 2.45) is 11.8 Å².